The molecule has 0 amide bonds. The molecule has 0 unspecified atom stereocenters. The largest absolute Gasteiger partial charge is 0.298 e. The first-order valence-electron chi connectivity index (χ1n) is 11.1. The molecule has 7 nitrogen and oxygen atoms in total. The van der Waals surface area contributed by atoms with E-state index in [4.69, 9.17) is 0 Å². The van der Waals surface area contributed by atoms with Gasteiger partial charge in [-0.15, -0.1) is 0 Å². The highest BCUT2D eigenvalue weighted by molar-refractivity contribution is 7.89. The Kier molecular flexibility index (Phi) is 7.02. The molecule has 9 heteroatoms. The number of sulfonamides is 2. The standard InChI is InChI=1S/C23H31N3O4S2/c1-20-5-7-21(8-6-20)19-24-13-4-16-26(18-17-24)32(29,30)23-11-9-22(10-12-23)31(27,28)25-14-2-3-15-25/h5-12H,2-4,13-19H2,1H3. The maximum absolute atomic E-state index is 13.2. The summed E-state index contributed by atoms with van der Waals surface area (Å²) in [6.45, 7) is 6.29. The smallest absolute Gasteiger partial charge is 0.243 e. The molecule has 2 aromatic rings. The van der Waals surface area contributed by atoms with Gasteiger partial charge in [-0.25, -0.2) is 16.8 Å². The average Bonchev–Trinajstić information content (AvgIpc) is 3.23. The van der Waals surface area contributed by atoms with E-state index in [1.54, 1.807) is 0 Å². The van der Waals surface area contributed by atoms with Crippen LogP contribution in [0.5, 0.6) is 0 Å². The Morgan fingerprint density at radius 3 is 1.69 bits per heavy atom. The van der Waals surface area contributed by atoms with Gasteiger partial charge in [-0.2, -0.15) is 8.61 Å². The van der Waals surface area contributed by atoms with Gasteiger partial charge >= 0.3 is 0 Å². The second kappa shape index (κ2) is 9.61. The molecular weight excluding hydrogens is 446 g/mol. The van der Waals surface area contributed by atoms with E-state index in [1.165, 1.54) is 44.0 Å². The lowest BCUT2D eigenvalue weighted by Gasteiger charge is -2.22. The second-order valence-electron chi connectivity index (χ2n) is 8.60. The molecular formula is C23H31N3O4S2. The van der Waals surface area contributed by atoms with Gasteiger partial charge in [-0.05, 0) is 62.6 Å². The van der Waals surface area contributed by atoms with Crippen LogP contribution in [0, 0.1) is 6.92 Å². The molecule has 0 aliphatic carbocycles. The Hall–Kier alpha value is -1.78. The molecule has 2 saturated heterocycles. The van der Waals surface area contributed by atoms with Crippen molar-refractivity contribution in [2.45, 2.75) is 42.5 Å². The van der Waals surface area contributed by atoms with Gasteiger partial charge in [0.2, 0.25) is 20.0 Å². The molecule has 0 saturated carbocycles. The van der Waals surface area contributed by atoms with Crippen molar-refractivity contribution in [3.63, 3.8) is 0 Å². The number of rotatable bonds is 6. The van der Waals surface area contributed by atoms with Crippen LogP contribution in [0.1, 0.15) is 30.4 Å². The van der Waals surface area contributed by atoms with E-state index in [-0.39, 0.29) is 9.79 Å². The molecule has 2 aliphatic rings. The Labute approximate surface area is 191 Å². The van der Waals surface area contributed by atoms with Crippen LogP contribution in [0.25, 0.3) is 0 Å². The van der Waals surface area contributed by atoms with Gasteiger partial charge in [-0.1, -0.05) is 29.8 Å². The van der Waals surface area contributed by atoms with Crippen molar-refractivity contribution in [1.82, 2.24) is 13.5 Å². The van der Waals surface area contributed by atoms with Gasteiger partial charge in [0.15, 0.2) is 0 Å². The van der Waals surface area contributed by atoms with Crippen LogP contribution in [0.2, 0.25) is 0 Å². The van der Waals surface area contributed by atoms with E-state index < -0.39 is 20.0 Å². The second-order valence-corrected chi connectivity index (χ2v) is 12.5. The summed E-state index contributed by atoms with van der Waals surface area (Å²) in [5.74, 6) is 0. The fraction of sp³-hybridized carbons (Fsp3) is 0.478. The maximum Gasteiger partial charge on any atom is 0.243 e. The highest BCUT2D eigenvalue weighted by atomic mass is 32.2. The predicted octanol–water partition coefficient (Wildman–Crippen LogP) is 2.68. The predicted molar refractivity (Wildman–Crippen MR) is 124 cm³/mol. The van der Waals surface area contributed by atoms with Crippen LogP contribution in [0.4, 0.5) is 0 Å². The molecule has 2 heterocycles. The molecule has 174 valence electrons. The van der Waals surface area contributed by atoms with Crippen LogP contribution in [0.3, 0.4) is 0 Å². The summed E-state index contributed by atoms with van der Waals surface area (Å²) in [4.78, 5) is 2.58. The van der Waals surface area contributed by atoms with Gasteiger partial charge in [0, 0.05) is 39.3 Å². The SMILES string of the molecule is Cc1ccc(CN2CCCN(S(=O)(=O)c3ccc(S(=O)(=O)N4CCCC4)cc3)CC2)cc1. The van der Waals surface area contributed by atoms with E-state index in [0.717, 1.165) is 32.4 Å². The summed E-state index contributed by atoms with van der Waals surface area (Å²) in [7, 11) is -7.22. The Morgan fingerprint density at radius 1 is 0.625 bits per heavy atom. The quantitative estimate of drug-likeness (QED) is 0.639. The lowest BCUT2D eigenvalue weighted by atomic mass is 10.1. The molecule has 2 aromatic carbocycles. The molecule has 0 bridgehead atoms. The summed E-state index contributed by atoms with van der Waals surface area (Å²) < 4.78 is 54.8. The number of hydrogen-bond donors (Lipinski definition) is 0. The van der Waals surface area contributed by atoms with E-state index >= 15 is 0 Å². The van der Waals surface area contributed by atoms with Crippen molar-refractivity contribution in [2.75, 3.05) is 39.3 Å². The number of nitrogens with zero attached hydrogens (tertiary/aromatic N) is 3. The van der Waals surface area contributed by atoms with Crippen molar-refractivity contribution >= 4 is 20.0 Å². The van der Waals surface area contributed by atoms with Crippen molar-refractivity contribution in [2.24, 2.45) is 0 Å². The van der Waals surface area contributed by atoms with Gasteiger partial charge in [0.05, 0.1) is 9.79 Å². The third kappa shape index (κ3) is 5.07. The fourth-order valence-electron chi connectivity index (χ4n) is 4.31. The minimum absolute atomic E-state index is 0.143. The van der Waals surface area contributed by atoms with Crippen LogP contribution in [0.15, 0.2) is 58.3 Å². The van der Waals surface area contributed by atoms with Gasteiger partial charge in [0.25, 0.3) is 0 Å². The zero-order valence-electron chi connectivity index (χ0n) is 18.5. The third-order valence-corrected chi connectivity index (χ3v) is 10.1. The Bertz CT molecular complexity index is 1120. The molecule has 0 aromatic heterocycles. The zero-order valence-corrected chi connectivity index (χ0v) is 20.1. The van der Waals surface area contributed by atoms with Crippen LogP contribution in [-0.4, -0.2) is 69.6 Å². The topological polar surface area (TPSA) is 78.0 Å². The molecule has 2 aliphatic heterocycles. The molecule has 0 atom stereocenters. The monoisotopic (exact) mass is 477 g/mol. The van der Waals surface area contributed by atoms with Crippen molar-refractivity contribution < 1.29 is 16.8 Å². The van der Waals surface area contributed by atoms with E-state index in [1.807, 2.05) is 0 Å². The lowest BCUT2D eigenvalue weighted by Crippen LogP contribution is -2.35. The van der Waals surface area contributed by atoms with Crippen molar-refractivity contribution in [3.8, 4) is 0 Å². The Morgan fingerprint density at radius 2 is 1.12 bits per heavy atom. The highest BCUT2D eigenvalue weighted by Gasteiger charge is 2.30. The summed E-state index contributed by atoms with van der Waals surface area (Å²) in [6.07, 6.45) is 2.48. The third-order valence-electron chi connectivity index (χ3n) is 6.24. The number of benzene rings is 2. The number of aryl methyl sites for hydroxylation is 1. The minimum Gasteiger partial charge on any atom is -0.298 e. The summed E-state index contributed by atoms with van der Waals surface area (Å²) in [5, 5.41) is 0. The van der Waals surface area contributed by atoms with Crippen molar-refractivity contribution in [1.29, 1.82) is 0 Å². The zero-order chi connectivity index (χ0) is 22.8. The fourth-order valence-corrected chi connectivity index (χ4v) is 7.29. The first-order chi connectivity index (χ1) is 15.3. The van der Waals surface area contributed by atoms with Gasteiger partial charge < -0.3 is 0 Å². The lowest BCUT2D eigenvalue weighted by molar-refractivity contribution is 0.278. The number of hydrogen-bond acceptors (Lipinski definition) is 5. The maximum atomic E-state index is 13.2. The summed E-state index contributed by atoms with van der Waals surface area (Å²) in [6, 6.07) is 14.1. The minimum atomic E-state index is -3.67. The molecule has 0 N–H and O–H groups in total. The average molecular weight is 478 g/mol. The van der Waals surface area contributed by atoms with Crippen LogP contribution >= 0.6 is 0 Å². The normalized spacial score (nSPS) is 19.8. The molecule has 0 spiro atoms. The van der Waals surface area contributed by atoms with Gasteiger partial charge in [-0.3, -0.25) is 4.90 Å². The molecule has 32 heavy (non-hydrogen) atoms. The van der Waals surface area contributed by atoms with E-state index in [2.05, 4.69) is 36.1 Å². The van der Waals surface area contributed by atoms with Crippen molar-refractivity contribution in [3.05, 3.63) is 59.7 Å². The van der Waals surface area contributed by atoms with Gasteiger partial charge in [0.1, 0.15) is 0 Å². The summed E-state index contributed by atoms with van der Waals surface area (Å²) >= 11 is 0. The first-order valence-corrected chi connectivity index (χ1v) is 14.0. The van der Waals surface area contributed by atoms with E-state index in [0.29, 0.717) is 32.7 Å². The van der Waals surface area contributed by atoms with Crippen LogP contribution < -0.4 is 0 Å². The Balaban J connectivity index is 1.43. The van der Waals surface area contributed by atoms with Crippen LogP contribution in [-0.2, 0) is 26.6 Å². The highest BCUT2D eigenvalue weighted by Crippen LogP contribution is 2.24. The first kappa shape index (κ1) is 23.4. The molecule has 4 rings (SSSR count). The summed E-state index contributed by atoms with van der Waals surface area (Å²) in [5.41, 5.74) is 2.45. The molecule has 2 fully saturated rings. The molecule has 0 radical (unpaired) electrons. The van der Waals surface area contributed by atoms with E-state index in [9.17, 15) is 16.8 Å².